The van der Waals surface area contributed by atoms with E-state index in [0.717, 1.165) is 19.3 Å². The zero-order chi connectivity index (χ0) is 10.7. The number of hydrogen-bond acceptors (Lipinski definition) is 1. The lowest BCUT2D eigenvalue weighted by atomic mass is 9.82. The zero-order valence-corrected chi connectivity index (χ0v) is 9.12. The predicted molar refractivity (Wildman–Crippen MR) is 60.6 cm³/mol. The molecule has 1 aliphatic carbocycles. The topological polar surface area (TPSA) is 29.1 Å². The minimum atomic E-state index is 0.166. The van der Waals surface area contributed by atoms with Crippen molar-refractivity contribution in [1.29, 1.82) is 0 Å². The number of nitrogens with one attached hydrogen (secondary N) is 1. The molecule has 0 radical (unpaired) electrons. The van der Waals surface area contributed by atoms with Crippen LogP contribution in [-0.2, 0) is 17.6 Å². The van der Waals surface area contributed by atoms with Crippen LogP contribution < -0.4 is 5.32 Å². The number of amides is 1. The average molecular weight is 203 g/mol. The molecule has 0 aliphatic heterocycles. The fourth-order valence-electron chi connectivity index (χ4n) is 2.31. The molecule has 1 aromatic rings. The lowest BCUT2D eigenvalue weighted by molar-refractivity contribution is -0.121. The second-order valence-corrected chi connectivity index (χ2v) is 4.25. The molecule has 1 unspecified atom stereocenters. The Labute approximate surface area is 90.7 Å². The van der Waals surface area contributed by atoms with E-state index in [1.165, 1.54) is 11.1 Å². The normalized spacial score (nSPS) is 19.4. The van der Waals surface area contributed by atoms with Crippen LogP contribution in [-0.4, -0.2) is 13.0 Å². The van der Waals surface area contributed by atoms with Gasteiger partial charge in [0, 0.05) is 13.5 Å². The van der Waals surface area contributed by atoms with Crippen molar-refractivity contribution in [2.45, 2.75) is 25.7 Å². The van der Waals surface area contributed by atoms with Crippen molar-refractivity contribution in [2.24, 2.45) is 5.92 Å². The monoisotopic (exact) mass is 203 g/mol. The average Bonchev–Trinajstić information content (AvgIpc) is 2.29. The number of carbonyl (C=O) groups is 1. The molecule has 1 atom stereocenters. The SMILES string of the molecule is CNC(=O)CC1CCc2ccccc2C1. The lowest BCUT2D eigenvalue weighted by Gasteiger charge is -2.23. The van der Waals surface area contributed by atoms with Gasteiger partial charge >= 0.3 is 0 Å². The number of benzene rings is 1. The summed E-state index contributed by atoms with van der Waals surface area (Å²) in [6.45, 7) is 0. The van der Waals surface area contributed by atoms with Crippen molar-refractivity contribution in [3.8, 4) is 0 Å². The summed E-state index contributed by atoms with van der Waals surface area (Å²) in [5.41, 5.74) is 2.89. The second-order valence-electron chi connectivity index (χ2n) is 4.25. The van der Waals surface area contributed by atoms with Gasteiger partial charge in [0.1, 0.15) is 0 Å². The Morgan fingerprint density at radius 1 is 1.40 bits per heavy atom. The molecule has 2 heteroatoms. The second kappa shape index (κ2) is 4.47. The van der Waals surface area contributed by atoms with Gasteiger partial charge in [0.15, 0.2) is 0 Å². The predicted octanol–water partition coefficient (Wildman–Crippen LogP) is 1.93. The smallest absolute Gasteiger partial charge is 0.220 e. The number of rotatable bonds is 2. The van der Waals surface area contributed by atoms with E-state index in [9.17, 15) is 4.79 Å². The molecule has 1 amide bonds. The molecule has 1 N–H and O–H groups in total. The molecule has 2 nitrogen and oxygen atoms in total. The van der Waals surface area contributed by atoms with Crippen LogP contribution >= 0.6 is 0 Å². The Hall–Kier alpha value is -1.31. The van der Waals surface area contributed by atoms with Crippen LogP contribution in [0, 0.1) is 5.92 Å². The first-order valence-electron chi connectivity index (χ1n) is 5.57. The number of hydrogen-bond donors (Lipinski definition) is 1. The van der Waals surface area contributed by atoms with E-state index in [0.29, 0.717) is 12.3 Å². The summed E-state index contributed by atoms with van der Waals surface area (Å²) in [5, 5.41) is 2.70. The van der Waals surface area contributed by atoms with Gasteiger partial charge in [-0.05, 0) is 36.3 Å². The molecule has 1 aliphatic rings. The van der Waals surface area contributed by atoms with Crippen molar-refractivity contribution in [3.05, 3.63) is 35.4 Å². The fourth-order valence-corrected chi connectivity index (χ4v) is 2.31. The number of aryl methyl sites for hydroxylation is 1. The first kappa shape index (κ1) is 10.2. The van der Waals surface area contributed by atoms with Gasteiger partial charge in [0.05, 0.1) is 0 Å². The third kappa shape index (κ3) is 2.38. The van der Waals surface area contributed by atoms with Crippen LogP contribution in [0.2, 0.25) is 0 Å². The van der Waals surface area contributed by atoms with Crippen LogP contribution in [0.1, 0.15) is 24.0 Å². The molecule has 80 valence electrons. The Kier molecular flexibility index (Phi) is 3.05. The molecular weight excluding hydrogens is 186 g/mol. The van der Waals surface area contributed by atoms with Gasteiger partial charge in [-0.1, -0.05) is 24.3 Å². The van der Waals surface area contributed by atoms with Crippen molar-refractivity contribution >= 4 is 5.91 Å². The zero-order valence-electron chi connectivity index (χ0n) is 9.12. The van der Waals surface area contributed by atoms with Crippen LogP contribution in [0.4, 0.5) is 0 Å². The minimum absolute atomic E-state index is 0.166. The highest BCUT2D eigenvalue weighted by Gasteiger charge is 2.19. The van der Waals surface area contributed by atoms with Gasteiger partial charge in [-0.15, -0.1) is 0 Å². The van der Waals surface area contributed by atoms with Crippen LogP contribution in [0.15, 0.2) is 24.3 Å². The van der Waals surface area contributed by atoms with Gasteiger partial charge < -0.3 is 5.32 Å². The third-order valence-electron chi connectivity index (χ3n) is 3.20. The van der Waals surface area contributed by atoms with Crippen molar-refractivity contribution in [3.63, 3.8) is 0 Å². The van der Waals surface area contributed by atoms with Crippen LogP contribution in [0.3, 0.4) is 0 Å². The summed E-state index contributed by atoms with van der Waals surface area (Å²) in [4.78, 5) is 11.3. The molecule has 0 saturated carbocycles. The Bertz CT molecular complexity index is 359. The highest BCUT2D eigenvalue weighted by Crippen LogP contribution is 2.27. The van der Waals surface area contributed by atoms with Crippen molar-refractivity contribution in [1.82, 2.24) is 5.32 Å². The summed E-state index contributed by atoms with van der Waals surface area (Å²) in [6.07, 6.45) is 4.00. The highest BCUT2D eigenvalue weighted by molar-refractivity contribution is 5.75. The van der Waals surface area contributed by atoms with E-state index in [-0.39, 0.29) is 5.91 Å². The summed E-state index contributed by atoms with van der Waals surface area (Å²) in [6, 6.07) is 8.57. The summed E-state index contributed by atoms with van der Waals surface area (Å²) >= 11 is 0. The quantitative estimate of drug-likeness (QED) is 0.781. The lowest BCUT2D eigenvalue weighted by Crippen LogP contribution is -2.24. The van der Waals surface area contributed by atoms with Crippen molar-refractivity contribution < 1.29 is 4.79 Å². The molecule has 15 heavy (non-hydrogen) atoms. The fraction of sp³-hybridized carbons (Fsp3) is 0.462. The minimum Gasteiger partial charge on any atom is -0.359 e. The molecule has 1 aromatic carbocycles. The van der Waals surface area contributed by atoms with Crippen molar-refractivity contribution in [2.75, 3.05) is 7.05 Å². The van der Waals surface area contributed by atoms with E-state index in [1.54, 1.807) is 7.05 Å². The molecule has 2 rings (SSSR count). The van der Waals surface area contributed by atoms with E-state index >= 15 is 0 Å². The van der Waals surface area contributed by atoms with Gasteiger partial charge in [-0.2, -0.15) is 0 Å². The Balaban J connectivity index is 2.02. The maximum absolute atomic E-state index is 11.3. The van der Waals surface area contributed by atoms with Gasteiger partial charge in [-0.25, -0.2) is 0 Å². The van der Waals surface area contributed by atoms with Crippen LogP contribution in [0.5, 0.6) is 0 Å². The summed E-state index contributed by atoms with van der Waals surface area (Å²) in [7, 11) is 1.71. The molecule has 0 heterocycles. The molecular formula is C13H17NO. The van der Waals surface area contributed by atoms with Crippen LogP contribution in [0.25, 0.3) is 0 Å². The van der Waals surface area contributed by atoms with Gasteiger partial charge in [-0.3, -0.25) is 4.79 Å². The molecule has 0 bridgehead atoms. The maximum Gasteiger partial charge on any atom is 0.220 e. The summed E-state index contributed by atoms with van der Waals surface area (Å²) in [5.74, 6) is 0.694. The Morgan fingerprint density at radius 3 is 2.87 bits per heavy atom. The number of fused-ring (bicyclic) bond motifs is 1. The first-order chi connectivity index (χ1) is 7.29. The largest absolute Gasteiger partial charge is 0.359 e. The molecule has 0 spiro atoms. The summed E-state index contributed by atoms with van der Waals surface area (Å²) < 4.78 is 0. The van der Waals surface area contributed by atoms with E-state index < -0.39 is 0 Å². The maximum atomic E-state index is 11.3. The molecule has 0 fully saturated rings. The standard InChI is InChI=1S/C13H17NO/c1-14-13(15)9-10-6-7-11-4-2-3-5-12(11)8-10/h2-5,10H,6-9H2,1H3,(H,14,15). The molecule has 0 saturated heterocycles. The number of carbonyl (C=O) groups excluding carboxylic acids is 1. The molecule has 0 aromatic heterocycles. The van der Waals surface area contributed by atoms with Gasteiger partial charge in [0.2, 0.25) is 5.91 Å². The van der Waals surface area contributed by atoms with Gasteiger partial charge in [0.25, 0.3) is 0 Å². The Morgan fingerprint density at radius 2 is 2.13 bits per heavy atom. The van der Waals surface area contributed by atoms with E-state index in [1.807, 2.05) is 0 Å². The van der Waals surface area contributed by atoms with E-state index in [4.69, 9.17) is 0 Å². The highest BCUT2D eigenvalue weighted by atomic mass is 16.1. The third-order valence-corrected chi connectivity index (χ3v) is 3.20. The first-order valence-corrected chi connectivity index (χ1v) is 5.57. The van der Waals surface area contributed by atoms with E-state index in [2.05, 4.69) is 29.6 Å².